The Morgan fingerprint density at radius 2 is 1.06 bits per heavy atom. The second-order valence-corrected chi connectivity index (χ2v) is 9.91. The van der Waals surface area contributed by atoms with Crippen molar-refractivity contribution >= 4 is 0 Å². The molecule has 0 aliphatic heterocycles. The zero-order valence-corrected chi connectivity index (χ0v) is 19.9. The normalized spacial score (nSPS) is 17.0. The van der Waals surface area contributed by atoms with E-state index in [1.54, 1.807) is 0 Å². The van der Waals surface area contributed by atoms with Gasteiger partial charge < -0.3 is 0 Å². The molecule has 4 aromatic carbocycles. The lowest BCUT2D eigenvalue weighted by atomic mass is 9.56. The van der Waals surface area contributed by atoms with Crippen LogP contribution in [0, 0.1) is 11.8 Å². The predicted octanol–water partition coefficient (Wildman–Crippen LogP) is 8.55. The van der Waals surface area contributed by atoms with Crippen LogP contribution in [0.3, 0.4) is 0 Å². The summed E-state index contributed by atoms with van der Waals surface area (Å²) in [5.74, 6) is 0.967. The number of hydrogen-bond donors (Lipinski definition) is 0. The molecule has 0 fully saturated rings. The van der Waals surface area contributed by atoms with E-state index in [4.69, 9.17) is 0 Å². The molecule has 6 rings (SSSR count). The molecular formula is C34H30. The van der Waals surface area contributed by atoms with Crippen LogP contribution in [0.1, 0.15) is 42.0 Å². The van der Waals surface area contributed by atoms with Crippen molar-refractivity contribution in [1.82, 2.24) is 0 Å². The van der Waals surface area contributed by atoms with Gasteiger partial charge >= 0.3 is 0 Å². The second-order valence-electron chi connectivity index (χ2n) is 9.91. The first kappa shape index (κ1) is 20.9. The summed E-state index contributed by atoms with van der Waals surface area (Å²) in [7, 11) is 0. The van der Waals surface area contributed by atoms with Gasteiger partial charge in [0, 0.05) is 17.3 Å². The summed E-state index contributed by atoms with van der Waals surface area (Å²) in [4.78, 5) is 0. The molecule has 0 aromatic heterocycles. The summed E-state index contributed by atoms with van der Waals surface area (Å²) in [6, 6.07) is 40.5. The molecule has 166 valence electrons. The van der Waals surface area contributed by atoms with Gasteiger partial charge in [-0.1, -0.05) is 141 Å². The van der Waals surface area contributed by atoms with Crippen LogP contribution >= 0.6 is 0 Å². The molecule has 34 heavy (non-hydrogen) atoms. The number of fused-ring (bicyclic) bond motifs is 3. The molecular weight excluding hydrogens is 408 g/mol. The van der Waals surface area contributed by atoms with E-state index in [0.717, 1.165) is 0 Å². The van der Waals surface area contributed by atoms with Gasteiger partial charge in [-0.05, 0) is 44.9 Å². The third-order valence-corrected chi connectivity index (χ3v) is 7.85. The molecule has 0 amide bonds. The van der Waals surface area contributed by atoms with Crippen LogP contribution in [-0.4, -0.2) is 0 Å². The largest absolute Gasteiger partial charge is 0.0761 e. The molecule has 2 aliphatic carbocycles. The Balaban J connectivity index is 1.73. The number of rotatable bonds is 5. The molecule has 0 radical (unpaired) electrons. The third-order valence-electron chi connectivity index (χ3n) is 7.85. The Morgan fingerprint density at radius 1 is 0.588 bits per heavy atom. The van der Waals surface area contributed by atoms with Crippen LogP contribution in [0.4, 0.5) is 0 Å². The van der Waals surface area contributed by atoms with Crippen molar-refractivity contribution in [3.05, 3.63) is 155 Å². The molecule has 0 heterocycles. The Labute approximate surface area is 203 Å². The smallest absolute Gasteiger partial charge is 0.0409 e. The Hall–Kier alpha value is -3.64. The van der Waals surface area contributed by atoms with Crippen LogP contribution in [0.2, 0.25) is 0 Å². The quantitative estimate of drug-likeness (QED) is 0.293. The Bertz CT molecular complexity index is 1290. The van der Waals surface area contributed by atoms with Crippen molar-refractivity contribution in [3.63, 3.8) is 0 Å². The maximum Gasteiger partial charge on any atom is 0.0409 e. The van der Waals surface area contributed by atoms with E-state index in [-0.39, 0.29) is 17.3 Å². The van der Waals surface area contributed by atoms with Crippen molar-refractivity contribution in [2.75, 3.05) is 0 Å². The molecule has 0 bridgehead atoms. The van der Waals surface area contributed by atoms with E-state index in [0.29, 0.717) is 5.92 Å². The van der Waals surface area contributed by atoms with Gasteiger partial charge in [-0.3, -0.25) is 0 Å². The first-order valence-corrected chi connectivity index (χ1v) is 12.4. The number of allylic oxidation sites excluding steroid dienone is 4. The molecule has 0 nitrogen and oxygen atoms in total. The topological polar surface area (TPSA) is 0 Å². The zero-order chi connectivity index (χ0) is 23.1. The van der Waals surface area contributed by atoms with Crippen LogP contribution < -0.4 is 0 Å². The zero-order valence-electron chi connectivity index (χ0n) is 19.9. The molecule has 0 saturated carbocycles. The standard InChI is InChI=1S/C34H30/c1-24(2)25-21-22-28(23-25)34(26-13-5-3-6-14-26,27-15-7-4-8-16-27)33-31-19-11-9-17-29(31)30-18-10-12-20-32(30)33/h3-24,28,33H,1-2H3. The van der Waals surface area contributed by atoms with Crippen LogP contribution in [0.5, 0.6) is 0 Å². The van der Waals surface area contributed by atoms with Crippen LogP contribution in [0.25, 0.3) is 11.1 Å². The average molecular weight is 439 g/mol. The maximum absolute atomic E-state index is 2.54. The highest BCUT2D eigenvalue weighted by molar-refractivity contribution is 5.81. The first-order chi connectivity index (χ1) is 16.7. The summed E-state index contributed by atoms with van der Waals surface area (Å²) in [5.41, 5.74) is 9.50. The highest BCUT2D eigenvalue weighted by atomic mass is 14.5. The molecule has 0 heteroatoms. The lowest BCUT2D eigenvalue weighted by Gasteiger charge is -2.45. The van der Waals surface area contributed by atoms with Gasteiger partial charge in [0.05, 0.1) is 0 Å². The molecule has 1 unspecified atom stereocenters. The van der Waals surface area contributed by atoms with Gasteiger partial charge in [0.15, 0.2) is 0 Å². The van der Waals surface area contributed by atoms with E-state index < -0.39 is 0 Å². The number of benzene rings is 4. The van der Waals surface area contributed by atoms with Crippen molar-refractivity contribution in [2.24, 2.45) is 11.8 Å². The lowest BCUT2D eigenvalue weighted by Crippen LogP contribution is -2.40. The third kappa shape index (κ3) is 3.06. The summed E-state index contributed by atoms with van der Waals surface area (Å²) in [6.07, 6.45) is 7.36. The monoisotopic (exact) mass is 438 g/mol. The van der Waals surface area contributed by atoms with Gasteiger partial charge in [-0.25, -0.2) is 0 Å². The van der Waals surface area contributed by atoms with Gasteiger partial charge in [-0.2, -0.15) is 0 Å². The lowest BCUT2D eigenvalue weighted by molar-refractivity contribution is 0.394. The van der Waals surface area contributed by atoms with Crippen molar-refractivity contribution in [1.29, 1.82) is 0 Å². The van der Waals surface area contributed by atoms with E-state index >= 15 is 0 Å². The second kappa shape index (κ2) is 8.29. The minimum atomic E-state index is -0.266. The van der Waals surface area contributed by atoms with Gasteiger partial charge in [0.2, 0.25) is 0 Å². The fourth-order valence-corrected chi connectivity index (χ4v) is 6.35. The minimum absolute atomic E-state index is 0.210. The Morgan fingerprint density at radius 3 is 1.53 bits per heavy atom. The number of hydrogen-bond acceptors (Lipinski definition) is 0. The van der Waals surface area contributed by atoms with E-state index in [1.165, 1.54) is 39.0 Å². The maximum atomic E-state index is 2.54. The van der Waals surface area contributed by atoms with E-state index in [2.05, 4.69) is 141 Å². The summed E-state index contributed by atoms with van der Waals surface area (Å²) >= 11 is 0. The fraction of sp³-hybridized carbons (Fsp3) is 0.176. The van der Waals surface area contributed by atoms with Gasteiger partial charge in [0.25, 0.3) is 0 Å². The minimum Gasteiger partial charge on any atom is -0.0761 e. The highest BCUT2D eigenvalue weighted by Crippen LogP contribution is 2.60. The fourth-order valence-electron chi connectivity index (χ4n) is 6.35. The van der Waals surface area contributed by atoms with Crippen molar-refractivity contribution < 1.29 is 0 Å². The van der Waals surface area contributed by atoms with Crippen molar-refractivity contribution in [3.8, 4) is 11.1 Å². The molecule has 0 N–H and O–H groups in total. The van der Waals surface area contributed by atoms with E-state index in [9.17, 15) is 0 Å². The molecule has 2 aliphatic rings. The SMILES string of the molecule is CC(C)C1=CC(C(c2ccccc2)(c2ccccc2)C2c3ccccc3-c3ccccc32)C=C1. The first-order valence-electron chi connectivity index (χ1n) is 12.4. The van der Waals surface area contributed by atoms with Crippen LogP contribution in [0.15, 0.2) is 133 Å². The predicted molar refractivity (Wildman–Crippen MR) is 143 cm³/mol. The van der Waals surface area contributed by atoms with Gasteiger partial charge in [0.1, 0.15) is 0 Å². The Kier molecular flexibility index (Phi) is 5.11. The van der Waals surface area contributed by atoms with Gasteiger partial charge in [-0.15, -0.1) is 0 Å². The molecule has 1 atom stereocenters. The van der Waals surface area contributed by atoms with Crippen LogP contribution in [-0.2, 0) is 5.41 Å². The van der Waals surface area contributed by atoms with E-state index in [1.807, 2.05) is 0 Å². The van der Waals surface area contributed by atoms with Crippen molar-refractivity contribution in [2.45, 2.75) is 25.2 Å². The molecule has 0 spiro atoms. The highest BCUT2D eigenvalue weighted by Gasteiger charge is 2.51. The molecule has 4 aromatic rings. The summed E-state index contributed by atoms with van der Waals surface area (Å²) in [5, 5.41) is 0. The summed E-state index contributed by atoms with van der Waals surface area (Å²) in [6.45, 7) is 4.59. The average Bonchev–Trinajstić information content (AvgIpc) is 3.51. The molecule has 0 saturated heterocycles. The summed E-state index contributed by atoms with van der Waals surface area (Å²) < 4.78 is 0.